The summed E-state index contributed by atoms with van der Waals surface area (Å²) in [5, 5.41) is 3.90. The summed E-state index contributed by atoms with van der Waals surface area (Å²) in [6, 6.07) is 13.2. The number of methoxy groups -OCH3 is 2. The average molecular weight is 398 g/mol. The van der Waals surface area contributed by atoms with Gasteiger partial charge in [0.25, 0.3) is 0 Å². The third-order valence-electron chi connectivity index (χ3n) is 4.75. The first-order chi connectivity index (χ1) is 13.7. The lowest BCUT2D eigenvalue weighted by Gasteiger charge is -2.34. The lowest BCUT2D eigenvalue weighted by atomic mass is 10.3. The van der Waals surface area contributed by atoms with Gasteiger partial charge in [0.1, 0.15) is 17.0 Å². The van der Waals surface area contributed by atoms with Crippen LogP contribution in [-0.4, -0.2) is 56.3 Å². The molecule has 0 spiro atoms. The molecular formula is C20H22N4O3S. The van der Waals surface area contributed by atoms with Gasteiger partial charge in [-0.15, -0.1) is 0 Å². The molecule has 1 saturated heterocycles. The normalized spacial score (nSPS) is 14.2. The van der Waals surface area contributed by atoms with Crippen LogP contribution in [0.4, 0.5) is 15.6 Å². The molecule has 8 heteroatoms. The van der Waals surface area contributed by atoms with Crippen LogP contribution in [0.15, 0.2) is 42.5 Å². The van der Waals surface area contributed by atoms with Crippen LogP contribution in [0.25, 0.3) is 10.2 Å². The Morgan fingerprint density at radius 2 is 1.86 bits per heavy atom. The summed E-state index contributed by atoms with van der Waals surface area (Å²) >= 11 is 1.65. The Bertz CT molecular complexity index is 982. The van der Waals surface area contributed by atoms with E-state index in [4.69, 9.17) is 14.5 Å². The van der Waals surface area contributed by atoms with E-state index in [1.165, 1.54) is 0 Å². The molecule has 0 aliphatic carbocycles. The smallest absolute Gasteiger partial charge is 0.321 e. The predicted molar refractivity (Wildman–Crippen MR) is 112 cm³/mol. The van der Waals surface area contributed by atoms with E-state index in [0.29, 0.717) is 18.8 Å². The molecule has 0 saturated carbocycles. The minimum Gasteiger partial charge on any atom is -0.497 e. The van der Waals surface area contributed by atoms with Gasteiger partial charge in [0.2, 0.25) is 0 Å². The van der Waals surface area contributed by atoms with Gasteiger partial charge in [-0.25, -0.2) is 9.78 Å². The van der Waals surface area contributed by atoms with Gasteiger partial charge >= 0.3 is 6.03 Å². The van der Waals surface area contributed by atoms with Crippen molar-refractivity contribution in [1.29, 1.82) is 0 Å². The fraction of sp³-hybridized carbons (Fsp3) is 0.300. The second-order valence-electron chi connectivity index (χ2n) is 6.44. The lowest BCUT2D eigenvalue weighted by molar-refractivity contribution is 0.208. The molecule has 1 aliphatic heterocycles. The number of nitrogens with one attached hydrogen (secondary N) is 1. The fourth-order valence-electron chi connectivity index (χ4n) is 3.22. The summed E-state index contributed by atoms with van der Waals surface area (Å²) < 4.78 is 11.7. The average Bonchev–Trinajstić information content (AvgIpc) is 3.18. The third kappa shape index (κ3) is 3.68. The highest BCUT2D eigenvalue weighted by Gasteiger charge is 2.23. The quantitative estimate of drug-likeness (QED) is 0.726. The summed E-state index contributed by atoms with van der Waals surface area (Å²) in [5.41, 5.74) is 1.62. The number of ether oxygens (including phenoxy) is 2. The van der Waals surface area contributed by atoms with Crippen LogP contribution in [0.3, 0.4) is 0 Å². The van der Waals surface area contributed by atoms with Crippen molar-refractivity contribution in [1.82, 2.24) is 9.88 Å². The number of aromatic nitrogens is 1. The van der Waals surface area contributed by atoms with E-state index in [0.717, 1.165) is 39.9 Å². The van der Waals surface area contributed by atoms with Gasteiger partial charge in [-0.3, -0.25) is 0 Å². The zero-order valence-electron chi connectivity index (χ0n) is 15.8. The molecule has 3 aromatic rings. The molecule has 1 aromatic heterocycles. The Balaban J connectivity index is 1.39. The van der Waals surface area contributed by atoms with E-state index in [1.54, 1.807) is 25.6 Å². The lowest BCUT2D eigenvalue weighted by Crippen LogP contribution is -2.50. The second-order valence-corrected chi connectivity index (χ2v) is 7.45. The molecule has 1 fully saturated rings. The van der Waals surface area contributed by atoms with Crippen LogP contribution in [-0.2, 0) is 0 Å². The van der Waals surface area contributed by atoms with Crippen LogP contribution < -0.4 is 19.7 Å². The molecule has 2 amide bonds. The van der Waals surface area contributed by atoms with Crippen molar-refractivity contribution in [3.63, 3.8) is 0 Å². The molecule has 146 valence electrons. The van der Waals surface area contributed by atoms with Crippen molar-refractivity contribution in [3.05, 3.63) is 42.5 Å². The van der Waals surface area contributed by atoms with E-state index in [-0.39, 0.29) is 6.03 Å². The number of urea groups is 1. The van der Waals surface area contributed by atoms with Crippen molar-refractivity contribution < 1.29 is 14.3 Å². The molecule has 0 bridgehead atoms. The minimum atomic E-state index is -0.0983. The molecule has 4 rings (SSSR count). The number of nitrogens with zero attached hydrogens (tertiary/aromatic N) is 3. The predicted octanol–water partition coefficient (Wildman–Crippen LogP) is 3.67. The maximum absolute atomic E-state index is 12.6. The maximum atomic E-state index is 12.6. The number of thiazole rings is 1. The molecule has 2 heterocycles. The maximum Gasteiger partial charge on any atom is 0.321 e. The highest BCUT2D eigenvalue weighted by Crippen LogP contribution is 2.34. The summed E-state index contributed by atoms with van der Waals surface area (Å²) in [4.78, 5) is 21.4. The van der Waals surface area contributed by atoms with Gasteiger partial charge in [0.05, 0.1) is 18.9 Å². The number of amides is 2. The van der Waals surface area contributed by atoms with Gasteiger partial charge in [-0.1, -0.05) is 23.5 Å². The van der Waals surface area contributed by atoms with E-state index in [1.807, 2.05) is 41.3 Å². The van der Waals surface area contributed by atoms with Crippen LogP contribution in [0, 0.1) is 0 Å². The first kappa shape index (κ1) is 18.4. The molecule has 0 atom stereocenters. The highest BCUT2D eigenvalue weighted by atomic mass is 32.1. The number of anilines is 2. The SMILES string of the molecule is COc1cccc(NC(=O)N2CCN(c3nc4c(OC)cccc4s3)CC2)c1. The molecule has 2 aromatic carbocycles. The van der Waals surface area contributed by atoms with E-state index in [2.05, 4.69) is 16.3 Å². The zero-order chi connectivity index (χ0) is 19.5. The minimum absolute atomic E-state index is 0.0983. The standard InChI is InChI=1S/C20H22N4O3S/c1-26-15-6-3-5-14(13-15)21-19(25)23-9-11-24(12-10-23)20-22-18-16(27-2)7-4-8-17(18)28-20/h3-8,13H,9-12H2,1-2H3,(H,21,25). The molecule has 7 nitrogen and oxygen atoms in total. The number of hydrogen-bond donors (Lipinski definition) is 1. The Kier molecular flexibility index (Phi) is 5.21. The van der Waals surface area contributed by atoms with E-state index in [9.17, 15) is 4.79 Å². The van der Waals surface area contributed by atoms with Crippen molar-refractivity contribution in [3.8, 4) is 11.5 Å². The van der Waals surface area contributed by atoms with Crippen molar-refractivity contribution in [2.75, 3.05) is 50.6 Å². The number of fused-ring (bicyclic) bond motifs is 1. The second kappa shape index (κ2) is 7.93. The highest BCUT2D eigenvalue weighted by molar-refractivity contribution is 7.22. The van der Waals surface area contributed by atoms with Crippen molar-refractivity contribution >= 4 is 38.4 Å². The molecule has 0 radical (unpaired) electrons. The number of piperazine rings is 1. The molecule has 1 aliphatic rings. The number of hydrogen-bond acceptors (Lipinski definition) is 6. The summed E-state index contributed by atoms with van der Waals surface area (Å²) in [6.45, 7) is 2.77. The van der Waals surface area contributed by atoms with Gasteiger partial charge in [-0.2, -0.15) is 0 Å². The largest absolute Gasteiger partial charge is 0.497 e. The number of rotatable bonds is 4. The van der Waals surface area contributed by atoms with Crippen LogP contribution in [0.1, 0.15) is 0 Å². The van der Waals surface area contributed by atoms with Gasteiger partial charge in [0.15, 0.2) is 5.13 Å². The number of carbonyl (C=O) groups is 1. The number of para-hydroxylation sites is 1. The van der Waals surface area contributed by atoms with Crippen LogP contribution >= 0.6 is 11.3 Å². The van der Waals surface area contributed by atoms with Crippen molar-refractivity contribution in [2.45, 2.75) is 0 Å². The topological polar surface area (TPSA) is 66.9 Å². The van der Waals surface area contributed by atoms with E-state index >= 15 is 0 Å². The van der Waals surface area contributed by atoms with Gasteiger partial charge < -0.3 is 24.6 Å². The van der Waals surface area contributed by atoms with E-state index < -0.39 is 0 Å². The third-order valence-corrected chi connectivity index (χ3v) is 5.83. The summed E-state index contributed by atoms with van der Waals surface area (Å²) in [6.07, 6.45) is 0. The Morgan fingerprint density at radius 3 is 2.61 bits per heavy atom. The molecule has 0 unspecified atom stereocenters. The van der Waals surface area contributed by atoms with Crippen LogP contribution in [0.2, 0.25) is 0 Å². The first-order valence-electron chi connectivity index (χ1n) is 9.06. The monoisotopic (exact) mass is 398 g/mol. The molecule has 28 heavy (non-hydrogen) atoms. The summed E-state index contributed by atoms with van der Waals surface area (Å²) in [5.74, 6) is 1.50. The van der Waals surface area contributed by atoms with Crippen LogP contribution in [0.5, 0.6) is 11.5 Å². The van der Waals surface area contributed by atoms with Gasteiger partial charge in [0, 0.05) is 37.9 Å². The fourth-order valence-corrected chi connectivity index (χ4v) is 4.25. The Labute approximate surface area is 167 Å². The summed E-state index contributed by atoms with van der Waals surface area (Å²) in [7, 11) is 3.27. The molecule has 1 N–H and O–H groups in total. The molecular weight excluding hydrogens is 376 g/mol. The van der Waals surface area contributed by atoms with Gasteiger partial charge in [-0.05, 0) is 24.3 Å². The number of benzene rings is 2. The first-order valence-corrected chi connectivity index (χ1v) is 9.88. The number of carbonyl (C=O) groups excluding carboxylic acids is 1. The Hall–Kier alpha value is -3.00. The zero-order valence-corrected chi connectivity index (χ0v) is 16.7. The Morgan fingerprint density at radius 1 is 1.07 bits per heavy atom. The van der Waals surface area contributed by atoms with Crippen molar-refractivity contribution in [2.24, 2.45) is 0 Å².